The van der Waals surface area contributed by atoms with Gasteiger partial charge in [0.15, 0.2) is 0 Å². The fourth-order valence-corrected chi connectivity index (χ4v) is 4.97. The van der Waals surface area contributed by atoms with Crippen LogP contribution in [0, 0.1) is 24.5 Å². The van der Waals surface area contributed by atoms with Gasteiger partial charge in [-0.1, -0.05) is 6.07 Å². The fourth-order valence-electron chi connectivity index (χ4n) is 4.97. The van der Waals surface area contributed by atoms with Gasteiger partial charge in [0.2, 0.25) is 0 Å². The van der Waals surface area contributed by atoms with E-state index in [9.17, 15) is 31.9 Å². The number of ketones is 1. The highest BCUT2D eigenvalue weighted by Crippen LogP contribution is 2.50. The molecule has 3 aliphatic rings. The molecule has 0 aromatic heterocycles. The molecule has 0 bridgehead atoms. The number of azo groups is 1. The zero-order valence-electron chi connectivity index (χ0n) is 18.7. The van der Waals surface area contributed by atoms with Crippen LogP contribution in [0.4, 0.5) is 17.6 Å². The Balaban J connectivity index is 1.42. The number of benzene rings is 1. The van der Waals surface area contributed by atoms with Crippen molar-refractivity contribution in [2.45, 2.75) is 57.0 Å². The van der Waals surface area contributed by atoms with Crippen LogP contribution in [0.1, 0.15) is 37.3 Å². The Morgan fingerprint density at radius 2 is 1.91 bits per heavy atom. The number of hydrogen-bond acceptors (Lipinski definition) is 5. The first-order valence-corrected chi connectivity index (χ1v) is 11.0. The number of halogens is 4. The van der Waals surface area contributed by atoms with Crippen LogP contribution in [0.25, 0.3) is 0 Å². The van der Waals surface area contributed by atoms with Crippen molar-refractivity contribution in [3.05, 3.63) is 46.7 Å². The molecule has 2 atom stereocenters. The maximum absolute atomic E-state index is 14.3. The maximum Gasteiger partial charge on any atom is 0.312 e. The molecule has 1 aliphatic carbocycles. The van der Waals surface area contributed by atoms with E-state index in [0.29, 0.717) is 0 Å². The average molecular weight is 480 g/mol. The summed E-state index contributed by atoms with van der Waals surface area (Å²) in [6.45, 7) is 3.21. The van der Waals surface area contributed by atoms with Crippen molar-refractivity contribution >= 4 is 17.6 Å². The molecule has 2 heterocycles. The molecule has 1 saturated heterocycles. The molecule has 182 valence electrons. The van der Waals surface area contributed by atoms with Crippen molar-refractivity contribution in [2.75, 3.05) is 13.1 Å². The molecule has 1 N–H and O–H groups in total. The van der Waals surface area contributed by atoms with Gasteiger partial charge < -0.3 is 10.2 Å². The van der Waals surface area contributed by atoms with E-state index in [-0.39, 0.29) is 48.5 Å². The van der Waals surface area contributed by atoms with Gasteiger partial charge in [0.05, 0.1) is 17.8 Å². The molecule has 2 amide bonds. The number of carbonyl (C=O) groups is 3. The molecule has 34 heavy (non-hydrogen) atoms. The largest absolute Gasteiger partial charge is 0.336 e. The summed E-state index contributed by atoms with van der Waals surface area (Å²) in [6, 6.07) is 1.66. The third-order valence-electron chi connectivity index (χ3n) is 6.90. The maximum atomic E-state index is 14.3. The third-order valence-corrected chi connectivity index (χ3v) is 6.90. The minimum absolute atomic E-state index is 0.0606. The Hall–Kier alpha value is -3.11. The van der Waals surface area contributed by atoms with Crippen molar-refractivity contribution in [3.63, 3.8) is 0 Å². The number of amides is 2. The molecule has 2 fully saturated rings. The summed E-state index contributed by atoms with van der Waals surface area (Å²) in [7, 11) is 0. The number of Topliss-reactive ketones (excluding diaryl/α,β-unsaturated/α-hetero) is 1. The smallest absolute Gasteiger partial charge is 0.312 e. The van der Waals surface area contributed by atoms with Crippen LogP contribution in [0.5, 0.6) is 0 Å². The van der Waals surface area contributed by atoms with Gasteiger partial charge in [-0.15, -0.1) is 0 Å². The Morgan fingerprint density at radius 3 is 2.53 bits per heavy atom. The van der Waals surface area contributed by atoms with E-state index in [4.69, 9.17) is 0 Å². The van der Waals surface area contributed by atoms with Gasteiger partial charge >= 0.3 is 11.8 Å². The van der Waals surface area contributed by atoms with Gasteiger partial charge in [-0.05, 0) is 38.0 Å². The Bertz CT molecular complexity index is 1110. The van der Waals surface area contributed by atoms with Crippen LogP contribution in [0.2, 0.25) is 0 Å². The standard InChI is InChI=1S/C23H24F4N4O3/c1-12-16(24)4-3-14(19(12)25)9-17(32)15-6-8-31(13(15)2)21(34)20(33)29-22(10-23(26,27)11-22)18-5-7-28-30-18/h3-5,13,15H,6-11H2,1-2H3,(H,29,33)/t13-,15-/m0/s1. The minimum Gasteiger partial charge on any atom is -0.336 e. The van der Waals surface area contributed by atoms with E-state index in [0.717, 1.165) is 6.07 Å². The lowest BCUT2D eigenvalue weighted by atomic mass is 9.71. The predicted octanol–water partition coefficient (Wildman–Crippen LogP) is 3.26. The normalized spacial score (nSPS) is 24.5. The number of rotatable bonds is 5. The first-order valence-electron chi connectivity index (χ1n) is 11.0. The zero-order valence-corrected chi connectivity index (χ0v) is 18.7. The number of alkyl halides is 2. The van der Waals surface area contributed by atoms with E-state index >= 15 is 0 Å². The predicted molar refractivity (Wildman–Crippen MR) is 112 cm³/mol. The average Bonchev–Trinajstić information content (AvgIpc) is 3.42. The molecular weight excluding hydrogens is 456 g/mol. The van der Waals surface area contributed by atoms with Gasteiger partial charge in [-0.3, -0.25) is 14.4 Å². The molecule has 0 radical (unpaired) electrons. The van der Waals surface area contributed by atoms with Crippen molar-refractivity contribution in [1.29, 1.82) is 0 Å². The SMILES string of the molecule is Cc1c(F)ccc(CC(=O)[C@H]2CCN(C(=O)C(=O)NC3(C4=CCN=N4)CC(F)(F)C3)[C@H]2C)c1F. The highest BCUT2D eigenvalue weighted by Gasteiger charge is 2.60. The molecule has 1 aromatic rings. The lowest BCUT2D eigenvalue weighted by Gasteiger charge is -2.47. The molecule has 1 aromatic carbocycles. The van der Waals surface area contributed by atoms with E-state index in [1.807, 2.05) is 0 Å². The summed E-state index contributed by atoms with van der Waals surface area (Å²) in [6.07, 6.45) is 0.173. The van der Waals surface area contributed by atoms with Crippen LogP contribution in [0.3, 0.4) is 0 Å². The van der Waals surface area contributed by atoms with Gasteiger partial charge in [-0.2, -0.15) is 10.2 Å². The van der Waals surface area contributed by atoms with Gasteiger partial charge in [0.25, 0.3) is 5.92 Å². The molecular formula is C23H24F4N4O3. The second-order valence-electron chi connectivity index (χ2n) is 9.18. The molecule has 0 spiro atoms. The molecule has 4 rings (SSSR count). The van der Waals surface area contributed by atoms with E-state index in [1.54, 1.807) is 6.92 Å². The summed E-state index contributed by atoms with van der Waals surface area (Å²) in [5, 5.41) is 9.99. The lowest BCUT2D eigenvalue weighted by Crippen LogP contribution is -2.65. The summed E-state index contributed by atoms with van der Waals surface area (Å²) in [5.41, 5.74) is -1.36. The van der Waals surface area contributed by atoms with E-state index in [2.05, 4.69) is 15.5 Å². The van der Waals surface area contributed by atoms with E-state index in [1.165, 1.54) is 24.0 Å². The number of carbonyl (C=O) groups excluding carboxylic acids is 3. The van der Waals surface area contributed by atoms with Crippen LogP contribution >= 0.6 is 0 Å². The van der Waals surface area contributed by atoms with Gasteiger partial charge in [-0.25, -0.2) is 17.6 Å². The summed E-state index contributed by atoms with van der Waals surface area (Å²) < 4.78 is 55.1. The van der Waals surface area contributed by atoms with Crippen molar-refractivity contribution < 1.29 is 31.9 Å². The first kappa shape index (κ1) is 24.0. The topological polar surface area (TPSA) is 91.2 Å². The van der Waals surface area contributed by atoms with Crippen LogP contribution in [-0.2, 0) is 20.8 Å². The molecule has 7 nitrogen and oxygen atoms in total. The van der Waals surface area contributed by atoms with E-state index < -0.39 is 59.7 Å². The number of likely N-dealkylation sites (tertiary alicyclic amines) is 1. The van der Waals surface area contributed by atoms with Crippen molar-refractivity contribution in [1.82, 2.24) is 10.2 Å². The summed E-state index contributed by atoms with van der Waals surface area (Å²) in [4.78, 5) is 39.6. The second-order valence-corrected chi connectivity index (χ2v) is 9.18. The lowest BCUT2D eigenvalue weighted by molar-refractivity contribution is -0.154. The highest BCUT2D eigenvalue weighted by atomic mass is 19.3. The molecule has 2 aliphatic heterocycles. The quantitative estimate of drug-likeness (QED) is 0.518. The van der Waals surface area contributed by atoms with Crippen LogP contribution in [0.15, 0.2) is 34.1 Å². The number of hydrogen-bond donors (Lipinski definition) is 1. The summed E-state index contributed by atoms with van der Waals surface area (Å²) in [5.74, 6) is -7.44. The first-order chi connectivity index (χ1) is 15.9. The fraction of sp³-hybridized carbons (Fsp3) is 0.522. The van der Waals surface area contributed by atoms with Crippen molar-refractivity contribution in [3.8, 4) is 0 Å². The molecule has 1 saturated carbocycles. The monoisotopic (exact) mass is 480 g/mol. The Kier molecular flexibility index (Phi) is 6.07. The Morgan fingerprint density at radius 1 is 1.21 bits per heavy atom. The highest BCUT2D eigenvalue weighted by molar-refractivity contribution is 6.35. The summed E-state index contributed by atoms with van der Waals surface area (Å²) >= 11 is 0. The second kappa shape index (κ2) is 8.59. The van der Waals surface area contributed by atoms with Gasteiger partial charge in [0, 0.05) is 43.3 Å². The van der Waals surface area contributed by atoms with Crippen LogP contribution in [-0.4, -0.2) is 53.1 Å². The Labute approximate surface area is 193 Å². The third kappa shape index (κ3) is 4.23. The molecule has 11 heteroatoms. The minimum atomic E-state index is -2.98. The van der Waals surface area contributed by atoms with Crippen LogP contribution < -0.4 is 5.32 Å². The molecule has 0 unspecified atom stereocenters. The van der Waals surface area contributed by atoms with Gasteiger partial charge in [0.1, 0.15) is 17.4 Å². The number of nitrogens with zero attached hydrogens (tertiary/aromatic N) is 3. The number of nitrogens with one attached hydrogen (secondary N) is 1. The zero-order chi connectivity index (χ0) is 24.8. The van der Waals surface area contributed by atoms with Crippen molar-refractivity contribution in [2.24, 2.45) is 16.1 Å².